The lowest BCUT2D eigenvalue weighted by molar-refractivity contribution is -0.152. The van der Waals surface area contributed by atoms with Crippen molar-refractivity contribution in [2.24, 2.45) is 11.3 Å². The molecule has 33 heavy (non-hydrogen) atoms. The Balaban J connectivity index is 4.28. The molecule has 4 nitrogen and oxygen atoms in total. The van der Waals surface area contributed by atoms with Crippen LogP contribution in [0.15, 0.2) is 0 Å². The fourth-order valence-corrected chi connectivity index (χ4v) is 5.08. The number of hydrogen-bond acceptors (Lipinski definition) is 2. The van der Waals surface area contributed by atoms with Gasteiger partial charge >= 0.3 is 11.9 Å². The summed E-state index contributed by atoms with van der Waals surface area (Å²) in [7, 11) is 0. The summed E-state index contributed by atoms with van der Waals surface area (Å²) in [6, 6.07) is 0. The van der Waals surface area contributed by atoms with Crippen LogP contribution in [0.1, 0.15) is 162 Å². The number of hydrogen-bond donors (Lipinski definition) is 2. The van der Waals surface area contributed by atoms with Gasteiger partial charge in [0.05, 0.1) is 5.41 Å². The lowest BCUT2D eigenvalue weighted by atomic mass is 9.69. The second kappa shape index (κ2) is 21.5. The van der Waals surface area contributed by atoms with E-state index in [4.69, 9.17) is 5.11 Å². The molecule has 196 valence electrons. The van der Waals surface area contributed by atoms with Crippen LogP contribution in [-0.2, 0) is 9.59 Å². The minimum atomic E-state index is -0.682. The van der Waals surface area contributed by atoms with E-state index in [0.29, 0.717) is 12.3 Å². The lowest BCUT2D eigenvalue weighted by Crippen LogP contribution is -2.36. The Labute approximate surface area is 205 Å². The summed E-state index contributed by atoms with van der Waals surface area (Å²) in [5.41, 5.74) is -0.569. The van der Waals surface area contributed by atoms with Crippen LogP contribution in [0.2, 0.25) is 0 Å². The molecule has 0 aromatic rings. The zero-order valence-corrected chi connectivity index (χ0v) is 22.3. The third kappa shape index (κ3) is 17.1. The van der Waals surface area contributed by atoms with Crippen molar-refractivity contribution in [2.75, 3.05) is 0 Å². The van der Waals surface area contributed by atoms with Crippen LogP contribution in [0.25, 0.3) is 0 Å². The molecule has 2 N–H and O–H groups in total. The van der Waals surface area contributed by atoms with Crippen LogP contribution in [0.3, 0.4) is 0 Å². The van der Waals surface area contributed by atoms with Crippen molar-refractivity contribution >= 4 is 11.9 Å². The minimum absolute atomic E-state index is 0.305. The van der Waals surface area contributed by atoms with E-state index in [1.54, 1.807) is 0 Å². The maximum atomic E-state index is 12.3. The number of carboxylic acid groups (broad SMARTS) is 2. The molecule has 0 aliphatic heterocycles. The normalized spacial score (nSPS) is 14.2. The van der Waals surface area contributed by atoms with E-state index in [9.17, 15) is 14.7 Å². The number of carboxylic acids is 2. The minimum Gasteiger partial charge on any atom is -0.481 e. The van der Waals surface area contributed by atoms with Crippen molar-refractivity contribution < 1.29 is 19.8 Å². The standard InChI is InChI=1S/C29H56O4/c1-4-6-8-18-22-26(29(3,28(32)33)25-21-9-7-5-2)23-19-16-14-12-10-11-13-15-17-20-24-27(30)31/h26H,4-25H2,1-3H3,(H,30,31)(H,32,33). The fraction of sp³-hybridized carbons (Fsp3) is 0.931. The molecule has 4 heteroatoms. The molecule has 0 radical (unpaired) electrons. The summed E-state index contributed by atoms with van der Waals surface area (Å²) in [5.74, 6) is -0.958. The van der Waals surface area contributed by atoms with Crippen LogP contribution >= 0.6 is 0 Å². The summed E-state index contributed by atoms with van der Waals surface area (Å²) in [6.45, 7) is 6.46. The summed E-state index contributed by atoms with van der Waals surface area (Å²) < 4.78 is 0. The van der Waals surface area contributed by atoms with Crippen molar-refractivity contribution in [3.63, 3.8) is 0 Å². The first-order valence-corrected chi connectivity index (χ1v) is 14.3. The smallest absolute Gasteiger partial charge is 0.309 e. The quantitative estimate of drug-likeness (QED) is 0.131. The van der Waals surface area contributed by atoms with Crippen LogP contribution in [-0.4, -0.2) is 22.2 Å². The number of aliphatic carboxylic acids is 2. The number of carbonyl (C=O) groups is 2. The molecule has 0 spiro atoms. The first-order valence-electron chi connectivity index (χ1n) is 14.3. The highest BCUT2D eigenvalue weighted by Crippen LogP contribution is 2.40. The highest BCUT2D eigenvalue weighted by Gasteiger charge is 2.39. The van der Waals surface area contributed by atoms with Gasteiger partial charge in [0, 0.05) is 6.42 Å². The fourth-order valence-electron chi connectivity index (χ4n) is 5.08. The summed E-state index contributed by atoms with van der Waals surface area (Å²) in [4.78, 5) is 22.8. The summed E-state index contributed by atoms with van der Waals surface area (Å²) in [6.07, 6.45) is 24.4. The van der Waals surface area contributed by atoms with Crippen molar-refractivity contribution in [1.82, 2.24) is 0 Å². The molecule has 2 atom stereocenters. The van der Waals surface area contributed by atoms with Gasteiger partial charge in [-0.15, -0.1) is 0 Å². The monoisotopic (exact) mass is 468 g/mol. The van der Waals surface area contributed by atoms with Crippen molar-refractivity contribution in [2.45, 2.75) is 162 Å². The molecular formula is C29H56O4. The zero-order chi connectivity index (χ0) is 24.8. The topological polar surface area (TPSA) is 74.6 Å². The van der Waals surface area contributed by atoms with Gasteiger partial charge < -0.3 is 10.2 Å². The third-order valence-corrected chi connectivity index (χ3v) is 7.54. The highest BCUT2D eigenvalue weighted by atomic mass is 16.4. The zero-order valence-electron chi connectivity index (χ0n) is 22.3. The summed E-state index contributed by atoms with van der Waals surface area (Å²) >= 11 is 0. The van der Waals surface area contributed by atoms with Crippen LogP contribution in [0.4, 0.5) is 0 Å². The van der Waals surface area contributed by atoms with Gasteiger partial charge in [0.15, 0.2) is 0 Å². The second-order valence-electron chi connectivity index (χ2n) is 10.5. The van der Waals surface area contributed by atoms with Gasteiger partial charge in [0.2, 0.25) is 0 Å². The third-order valence-electron chi connectivity index (χ3n) is 7.54. The molecule has 0 aliphatic rings. The van der Waals surface area contributed by atoms with E-state index in [1.807, 2.05) is 6.92 Å². The average Bonchev–Trinajstić information content (AvgIpc) is 2.78. The molecule has 0 amide bonds. The number of rotatable bonds is 25. The Kier molecular flexibility index (Phi) is 20.8. The van der Waals surface area contributed by atoms with Gasteiger partial charge in [0.1, 0.15) is 0 Å². The molecule has 0 saturated carbocycles. The van der Waals surface area contributed by atoms with Crippen molar-refractivity contribution in [1.29, 1.82) is 0 Å². The Morgan fingerprint density at radius 1 is 0.606 bits per heavy atom. The second-order valence-corrected chi connectivity index (χ2v) is 10.5. The Morgan fingerprint density at radius 3 is 1.42 bits per heavy atom. The predicted octanol–water partition coefficient (Wildman–Crippen LogP) is 9.40. The molecule has 0 saturated heterocycles. The Hall–Kier alpha value is -1.06. The first kappa shape index (κ1) is 31.9. The molecule has 0 bridgehead atoms. The van der Waals surface area contributed by atoms with Gasteiger partial charge in [-0.2, -0.15) is 0 Å². The Morgan fingerprint density at radius 2 is 1.00 bits per heavy atom. The molecule has 0 rings (SSSR count). The van der Waals surface area contributed by atoms with Gasteiger partial charge in [-0.3, -0.25) is 9.59 Å². The van der Waals surface area contributed by atoms with Crippen molar-refractivity contribution in [3.05, 3.63) is 0 Å². The van der Waals surface area contributed by atoms with Crippen LogP contribution < -0.4 is 0 Å². The lowest BCUT2D eigenvalue weighted by Gasteiger charge is -2.34. The maximum Gasteiger partial charge on any atom is 0.309 e. The SMILES string of the molecule is CCCCCCC(CCCCCCCCCCCCC(=O)O)C(C)(CCCCCC)C(=O)O. The van der Waals surface area contributed by atoms with Gasteiger partial charge in [0.25, 0.3) is 0 Å². The molecule has 0 heterocycles. The van der Waals surface area contributed by atoms with Gasteiger partial charge in [-0.25, -0.2) is 0 Å². The van der Waals surface area contributed by atoms with E-state index in [-0.39, 0.29) is 0 Å². The first-order chi connectivity index (χ1) is 15.9. The van der Waals surface area contributed by atoms with Crippen LogP contribution in [0.5, 0.6) is 0 Å². The molecule has 0 aromatic heterocycles. The molecule has 0 fully saturated rings. The van der Waals surface area contributed by atoms with Crippen LogP contribution in [0, 0.1) is 11.3 Å². The molecule has 0 aliphatic carbocycles. The average molecular weight is 469 g/mol. The van der Waals surface area contributed by atoms with Gasteiger partial charge in [-0.05, 0) is 38.5 Å². The number of unbranched alkanes of at least 4 members (excludes halogenated alkanes) is 15. The maximum absolute atomic E-state index is 12.3. The van der Waals surface area contributed by atoms with Gasteiger partial charge in [-0.1, -0.05) is 123 Å². The van der Waals surface area contributed by atoms with E-state index in [1.165, 1.54) is 77.0 Å². The largest absolute Gasteiger partial charge is 0.481 e. The van der Waals surface area contributed by atoms with E-state index in [0.717, 1.165) is 57.8 Å². The molecule has 0 aromatic carbocycles. The van der Waals surface area contributed by atoms with E-state index >= 15 is 0 Å². The molecule has 2 unspecified atom stereocenters. The summed E-state index contributed by atoms with van der Waals surface area (Å²) in [5, 5.41) is 18.8. The predicted molar refractivity (Wildman–Crippen MR) is 140 cm³/mol. The van der Waals surface area contributed by atoms with E-state index in [2.05, 4.69) is 13.8 Å². The highest BCUT2D eigenvalue weighted by molar-refractivity contribution is 5.74. The Bertz CT molecular complexity index is 476. The van der Waals surface area contributed by atoms with E-state index < -0.39 is 17.4 Å². The molecular weight excluding hydrogens is 412 g/mol. The van der Waals surface area contributed by atoms with Crippen molar-refractivity contribution in [3.8, 4) is 0 Å².